The van der Waals surface area contributed by atoms with Gasteiger partial charge in [0.2, 0.25) is 0 Å². The summed E-state index contributed by atoms with van der Waals surface area (Å²) in [6.45, 7) is 0. The molecule has 0 fully saturated rings. The molecule has 0 amide bonds. The Labute approximate surface area is 333 Å². The average Bonchev–Trinajstić information content (AvgIpc) is 3.96. The van der Waals surface area contributed by atoms with Crippen LogP contribution in [0.3, 0.4) is 0 Å². The van der Waals surface area contributed by atoms with Gasteiger partial charge in [0.25, 0.3) is 0 Å². The number of aldehydes is 1. The van der Waals surface area contributed by atoms with Gasteiger partial charge in [0.15, 0.2) is 35.8 Å². The smallest absolute Gasteiger partial charge is 0.172 e. The molecule has 9 nitrogen and oxygen atoms in total. The van der Waals surface area contributed by atoms with Crippen LogP contribution < -0.4 is 11.0 Å². The maximum absolute atomic E-state index is 14.2. The molecule has 0 aliphatic carbocycles. The summed E-state index contributed by atoms with van der Waals surface area (Å²) in [5.74, 6) is 3.20. The quantitative estimate of drug-likeness (QED) is 0.153. The van der Waals surface area contributed by atoms with Crippen molar-refractivity contribution >= 4 is 106 Å². The third-order valence-corrected chi connectivity index (χ3v) is 12.3. The number of hydrogen-bond acceptors (Lipinski definition) is 7. The minimum atomic E-state index is -1.00. The summed E-state index contributed by atoms with van der Waals surface area (Å²) in [7, 11) is 0. The van der Waals surface area contributed by atoms with Crippen LogP contribution in [0.2, 0.25) is 0 Å². The largest absolute Gasteiger partial charge is 0.299 e. The Morgan fingerprint density at radius 3 is 1.00 bits per heavy atom. The molecule has 2 aromatic heterocycles. The second-order valence-corrected chi connectivity index (χ2v) is 15.5. The zero-order valence-corrected chi connectivity index (χ0v) is 31.0. The van der Waals surface area contributed by atoms with Crippen LogP contribution in [0.25, 0.3) is 64.6 Å². The van der Waals surface area contributed by atoms with Crippen molar-refractivity contribution in [3.63, 3.8) is 0 Å². The Hall–Kier alpha value is -8.17. The molecule has 59 heavy (non-hydrogen) atoms. The highest BCUT2D eigenvalue weighted by Gasteiger charge is 2.34. The highest BCUT2D eigenvalue weighted by molar-refractivity contribution is 6.27. The van der Waals surface area contributed by atoms with Gasteiger partial charge < -0.3 is 0 Å². The second-order valence-electron chi connectivity index (χ2n) is 15.5. The molecule has 0 saturated carbocycles. The molecule has 0 saturated heterocycles. The Morgan fingerprint density at radius 1 is 0.356 bits per heavy atom. The number of hydrogen-bond donors (Lipinski definition) is 0. The van der Waals surface area contributed by atoms with Crippen molar-refractivity contribution in [2.75, 3.05) is 0 Å². The van der Waals surface area contributed by atoms with Crippen molar-refractivity contribution in [1.29, 1.82) is 0 Å². The second kappa shape index (κ2) is 11.0. The third-order valence-electron chi connectivity index (χ3n) is 12.3. The summed E-state index contributed by atoms with van der Waals surface area (Å²) >= 11 is 0. The lowest BCUT2D eigenvalue weighted by atomic mass is 10.0. The lowest BCUT2D eigenvalue weighted by molar-refractivity contribution is -0.111. The van der Waals surface area contributed by atoms with Gasteiger partial charge in [-0.05, 0) is 91.6 Å². The van der Waals surface area contributed by atoms with E-state index in [0.29, 0.717) is 46.0 Å². The highest BCUT2D eigenvalue weighted by Crippen LogP contribution is 2.45. The van der Waals surface area contributed by atoms with Gasteiger partial charge >= 0.3 is 0 Å². The first-order valence-corrected chi connectivity index (χ1v) is 19.6. The van der Waals surface area contributed by atoms with Gasteiger partial charge in [-0.15, -0.1) is 0 Å². The maximum Gasteiger partial charge on any atom is 0.172 e. The summed E-state index contributed by atoms with van der Waals surface area (Å²) in [4.78, 5) is 46.5. The molecule has 1 unspecified atom stereocenters. The van der Waals surface area contributed by atoms with E-state index < -0.39 is 6.17 Å². The standard InChI is InChI=1S/C50H26N8O/c59-25-42-57-47-38-21-30-13-5-6-14-31(30)22-39(38)49(57)55-45-36-19-28-11-3-4-12-29(28)20-37(36)46(52-45)56-50-41-24-33-16-8-7-15-32(33)23-40(41)48(58(42)50)54-44-35-18-27-10-2-1-9-26(27)17-34(35)43(51-44)53-47/h1-25,42H/b53-43-,53-47?,54-44?,54-48-,55-45-,55-49?,56-46?,56-50-. The number of fused-ring (bicyclic) bond motifs is 18. The number of amidine groups is 4. The van der Waals surface area contributed by atoms with Crippen molar-refractivity contribution in [3.05, 3.63) is 179 Å². The summed E-state index contributed by atoms with van der Waals surface area (Å²) in [6, 6.07) is 50.3. The van der Waals surface area contributed by atoms with E-state index in [-0.39, 0.29) is 0 Å². The Bertz CT molecular complexity index is 3690. The number of nitrogens with zero attached hydrogens (tertiary/aromatic N) is 8. The fourth-order valence-corrected chi connectivity index (χ4v) is 9.54. The number of rotatable bonds is 1. The summed E-state index contributed by atoms with van der Waals surface area (Å²) in [5.41, 5.74) is 4.60. The molecule has 9 heteroatoms. The summed E-state index contributed by atoms with van der Waals surface area (Å²) in [5, 5.41) is 11.8. The van der Waals surface area contributed by atoms with Crippen LogP contribution in [0.4, 0.5) is 11.6 Å². The van der Waals surface area contributed by atoms with Gasteiger partial charge in [0.1, 0.15) is 22.6 Å². The van der Waals surface area contributed by atoms with Crippen LogP contribution in [0.5, 0.6) is 0 Å². The first-order chi connectivity index (χ1) is 29.1. The zero-order valence-electron chi connectivity index (χ0n) is 31.0. The molecule has 272 valence electrons. The molecule has 14 rings (SSSR count). The molecular weight excluding hydrogens is 729 g/mol. The van der Waals surface area contributed by atoms with E-state index in [4.69, 9.17) is 30.0 Å². The van der Waals surface area contributed by atoms with Crippen molar-refractivity contribution in [2.24, 2.45) is 30.0 Å². The first-order valence-electron chi connectivity index (χ1n) is 19.6. The minimum absolute atomic E-state index is 0.520. The number of benzene rings is 8. The molecule has 0 radical (unpaired) electrons. The summed E-state index contributed by atoms with van der Waals surface area (Å²) in [6.07, 6.45) is -0.0416. The molecule has 10 aromatic rings. The Kier molecular flexibility index (Phi) is 5.79. The van der Waals surface area contributed by atoms with E-state index in [1.165, 1.54) is 0 Å². The van der Waals surface area contributed by atoms with E-state index in [1.807, 2.05) is 57.7 Å². The van der Waals surface area contributed by atoms with Crippen molar-refractivity contribution in [1.82, 2.24) is 9.13 Å². The highest BCUT2D eigenvalue weighted by atomic mass is 16.1. The molecule has 8 aromatic carbocycles. The minimum Gasteiger partial charge on any atom is -0.299 e. The molecule has 6 heterocycles. The van der Waals surface area contributed by atoms with Gasteiger partial charge in [-0.25, -0.2) is 30.0 Å². The van der Waals surface area contributed by atoms with Gasteiger partial charge in [-0.3, -0.25) is 13.9 Å². The first kappa shape index (κ1) is 31.0. The molecular formula is C50H26N8O. The van der Waals surface area contributed by atoms with Crippen LogP contribution in [0.15, 0.2) is 176 Å². The van der Waals surface area contributed by atoms with Crippen LogP contribution in [-0.4, -0.2) is 38.8 Å². The summed E-state index contributed by atoms with van der Waals surface area (Å²) < 4.78 is 3.90. The van der Waals surface area contributed by atoms with Gasteiger partial charge in [-0.1, -0.05) is 97.1 Å². The van der Waals surface area contributed by atoms with Crippen LogP contribution >= 0.6 is 0 Å². The van der Waals surface area contributed by atoms with Crippen molar-refractivity contribution < 1.29 is 4.79 Å². The van der Waals surface area contributed by atoms with Crippen LogP contribution in [0, 0.1) is 0 Å². The van der Waals surface area contributed by atoms with Gasteiger partial charge in [0.05, 0.1) is 0 Å². The van der Waals surface area contributed by atoms with E-state index in [9.17, 15) is 4.79 Å². The van der Waals surface area contributed by atoms with Crippen molar-refractivity contribution in [2.45, 2.75) is 6.17 Å². The molecule has 0 N–H and O–H groups in total. The Morgan fingerprint density at radius 2 is 0.661 bits per heavy atom. The van der Waals surface area contributed by atoms with Crippen molar-refractivity contribution in [3.8, 4) is 0 Å². The third kappa shape index (κ3) is 4.15. The lowest BCUT2D eigenvalue weighted by Crippen LogP contribution is -2.37. The normalized spacial score (nSPS) is 18.9. The predicted molar refractivity (Wildman–Crippen MR) is 235 cm³/mol. The van der Waals surface area contributed by atoms with Gasteiger partial charge in [-0.2, -0.15) is 0 Å². The van der Waals surface area contributed by atoms with Crippen LogP contribution in [-0.2, 0) is 4.79 Å². The average molecular weight is 755 g/mol. The Balaban J connectivity index is 1.25. The fourth-order valence-electron chi connectivity index (χ4n) is 9.54. The number of aromatic nitrogens is 2. The molecule has 4 aliphatic heterocycles. The topological polar surface area (TPSA) is 101 Å². The molecule has 4 aliphatic rings. The molecule has 1 atom stereocenters. The van der Waals surface area contributed by atoms with Crippen LogP contribution in [0.1, 0.15) is 28.4 Å². The van der Waals surface area contributed by atoms with E-state index in [2.05, 4.69) is 97.1 Å². The molecule has 6 bridgehead atoms. The zero-order chi connectivity index (χ0) is 38.5. The number of carbonyl (C=O) groups excluding carboxylic acids is 1. The monoisotopic (exact) mass is 754 g/mol. The van der Waals surface area contributed by atoms with E-state index in [1.54, 1.807) is 0 Å². The fraction of sp³-hybridized carbons (Fsp3) is 0.0200. The van der Waals surface area contributed by atoms with Gasteiger partial charge in [0, 0.05) is 43.8 Å². The number of carbonyl (C=O) groups is 1. The lowest BCUT2D eigenvalue weighted by Gasteiger charge is -2.19. The van der Waals surface area contributed by atoms with E-state index in [0.717, 1.165) is 93.2 Å². The number of aliphatic imine (C=N–C) groups is 4. The van der Waals surface area contributed by atoms with E-state index >= 15 is 0 Å². The predicted octanol–water partition coefficient (Wildman–Crippen LogP) is 9.40. The maximum atomic E-state index is 14.2. The SMILES string of the molecule is O=CC1n2c3c4cc5ccccc5cc4c2/N=C2N=C(/N=c4/c5cc6ccccc6cc5/c(n41)=N/C1=NC(=N\3)/c3cc4ccccc4cc31)c1cc3ccccc3cc1\2. The molecule has 0 spiro atoms.